The second-order valence-electron chi connectivity index (χ2n) is 2.58. The van der Waals surface area contributed by atoms with E-state index >= 15 is 0 Å². The number of nitriles is 2. The Morgan fingerprint density at radius 2 is 1.80 bits per heavy atom. The molecule has 15 heavy (non-hydrogen) atoms. The second-order valence-corrected chi connectivity index (χ2v) is 2.58. The molecule has 6 heteroatoms. The average Bonchev–Trinajstić information content (AvgIpc) is 2.55. The van der Waals surface area contributed by atoms with Crippen LogP contribution in [0.2, 0.25) is 0 Å². The van der Waals surface area contributed by atoms with Gasteiger partial charge in [0.1, 0.15) is 12.4 Å². The van der Waals surface area contributed by atoms with Crippen LogP contribution in [-0.2, 0) is 13.6 Å². The second kappa shape index (κ2) is 11.8. The summed E-state index contributed by atoms with van der Waals surface area (Å²) in [6.45, 7) is 3.31. The van der Waals surface area contributed by atoms with Crippen molar-refractivity contribution in [3.63, 3.8) is 0 Å². The maximum Gasteiger partial charge on any atom is 0.243 e. The van der Waals surface area contributed by atoms with Crippen molar-refractivity contribution in [1.82, 2.24) is 4.57 Å². The third-order valence-corrected chi connectivity index (χ3v) is 1.31. The number of nitrogens with zero attached hydrogens (tertiary/aromatic N) is 4. The summed E-state index contributed by atoms with van der Waals surface area (Å²) in [4.78, 5) is 0. The molecule has 0 aliphatic carbocycles. The maximum absolute atomic E-state index is 7.10. The minimum absolute atomic E-state index is 1.13. The van der Waals surface area contributed by atoms with Gasteiger partial charge >= 0.3 is 0 Å². The third kappa shape index (κ3) is 11.8. The smallest absolute Gasteiger partial charge is 0.243 e. The lowest BCUT2D eigenvalue weighted by molar-refractivity contribution is -0.696. The van der Waals surface area contributed by atoms with Gasteiger partial charge in [-0.3, -0.25) is 0 Å². The van der Waals surface area contributed by atoms with E-state index in [9.17, 15) is 0 Å². The normalized spacial score (nSPS) is 6.93. The van der Waals surface area contributed by atoms with E-state index in [2.05, 4.69) is 46.2 Å². The molecule has 4 N–H and O–H groups in total. The zero-order valence-corrected chi connectivity index (χ0v) is 9.09. The van der Waals surface area contributed by atoms with Crippen LogP contribution in [0.25, 0.3) is 0 Å². The highest BCUT2D eigenvalue weighted by Crippen LogP contribution is 1.78. The molecule has 0 radical (unpaired) electrons. The van der Waals surface area contributed by atoms with Gasteiger partial charge in [0.15, 0.2) is 12.4 Å². The van der Waals surface area contributed by atoms with Crippen LogP contribution in [0.5, 0.6) is 0 Å². The van der Waals surface area contributed by atoms with E-state index in [0.717, 1.165) is 6.54 Å². The Balaban J connectivity index is 0. The Labute approximate surface area is 89.9 Å². The standard InChI is InChI=1S/C7H13N2.2CH2N2/c1-3-4-9-6-5-8(2)7-9;2*2-1-3/h5-7H,3-4H2,1-2H3;2*2H2/q+1;;. The van der Waals surface area contributed by atoms with Crippen molar-refractivity contribution in [3.8, 4) is 12.4 Å². The van der Waals surface area contributed by atoms with E-state index in [1.54, 1.807) is 0 Å². The molecule has 0 spiro atoms. The van der Waals surface area contributed by atoms with Gasteiger partial charge in [0, 0.05) is 0 Å². The summed E-state index contributed by atoms with van der Waals surface area (Å²) >= 11 is 0. The van der Waals surface area contributed by atoms with E-state index < -0.39 is 0 Å². The molecule has 0 aliphatic rings. The van der Waals surface area contributed by atoms with Gasteiger partial charge in [0.25, 0.3) is 0 Å². The fraction of sp³-hybridized carbons (Fsp3) is 0.444. The minimum atomic E-state index is 1.13. The predicted octanol–water partition coefficient (Wildman–Crippen LogP) is -0.425. The summed E-state index contributed by atoms with van der Waals surface area (Å²) in [6, 6.07) is 0. The van der Waals surface area contributed by atoms with Crippen LogP contribution in [0.3, 0.4) is 0 Å². The van der Waals surface area contributed by atoms with Crippen molar-refractivity contribution in [2.45, 2.75) is 19.9 Å². The molecule has 0 saturated carbocycles. The van der Waals surface area contributed by atoms with Gasteiger partial charge in [-0.15, -0.1) is 0 Å². The summed E-state index contributed by atoms with van der Waals surface area (Å²) in [6.07, 6.45) is 9.93. The number of imidazole rings is 1. The lowest BCUT2D eigenvalue weighted by atomic mass is 10.5. The van der Waals surface area contributed by atoms with Crippen LogP contribution >= 0.6 is 0 Å². The molecule has 0 bridgehead atoms. The van der Waals surface area contributed by atoms with Crippen LogP contribution in [0.1, 0.15) is 13.3 Å². The monoisotopic (exact) mass is 209 g/mol. The fourth-order valence-electron chi connectivity index (χ4n) is 0.892. The van der Waals surface area contributed by atoms with Crippen LogP contribution in [-0.4, -0.2) is 4.57 Å². The Morgan fingerprint density at radius 1 is 1.33 bits per heavy atom. The van der Waals surface area contributed by atoms with E-state index in [-0.39, 0.29) is 0 Å². The Morgan fingerprint density at radius 3 is 2.07 bits per heavy atom. The predicted molar refractivity (Wildman–Crippen MR) is 55.5 cm³/mol. The van der Waals surface area contributed by atoms with Gasteiger partial charge in [-0.1, -0.05) is 6.92 Å². The Hall–Kier alpha value is -2.21. The molecule has 1 aromatic heterocycles. The summed E-state index contributed by atoms with van der Waals surface area (Å²) in [7, 11) is 2.03. The van der Waals surface area contributed by atoms with Gasteiger partial charge in [-0.2, -0.15) is 10.5 Å². The highest BCUT2D eigenvalue weighted by molar-refractivity contribution is 4.61. The summed E-state index contributed by atoms with van der Waals surface area (Å²) < 4.78 is 4.23. The first-order valence-corrected chi connectivity index (χ1v) is 4.36. The topological polar surface area (TPSA) is 108 Å². The number of rotatable bonds is 2. The Bertz CT molecular complexity index is 304. The highest BCUT2D eigenvalue weighted by Gasteiger charge is 1.94. The molecule has 0 aromatic carbocycles. The molecule has 0 unspecified atom stereocenters. The molecule has 1 aromatic rings. The molecular formula is C9H17N6+. The molecule has 82 valence electrons. The molecule has 1 heterocycles. The average molecular weight is 209 g/mol. The fourth-order valence-corrected chi connectivity index (χ4v) is 0.892. The van der Waals surface area contributed by atoms with Crippen LogP contribution in [0.4, 0.5) is 0 Å². The SMILES string of the molecule is CCC[n+]1ccn(C)c1.N#CN.N#CN. The molecule has 0 fully saturated rings. The van der Waals surface area contributed by atoms with E-state index in [1.165, 1.54) is 18.8 Å². The van der Waals surface area contributed by atoms with Gasteiger partial charge in [0.2, 0.25) is 6.33 Å². The van der Waals surface area contributed by atoms with E-state index in [0.29, 0.717) is 0 Å². The van der Waals surface area contributed by atoms with Crippen molar-refractivity contribution in [3.05, 3.63) is 18.7 Å². The molecule has 0 aliphatic heterocycles. The van der Waals surface area contributed by atoms with Crippen molar-refractivity contribution in [2.24, 2.45) is 18.5 Å². The first-order chi connectivity index (χ1) is 7.15. The molecule has 0 amide bonds. The van der Waals surface area contributed by atoms with E-state index in [4.69, 9.17) is 10.5 Å². The zero-order valence-electron chi connectivity index (χ0n) is 9.09. The number of nitrogens with two attached hydrogens (primary N) is 2. The van der Waals surface area contributed by atoms with Crippen molar-refractivity contribution in [1.29, 1.82) is 10.5 Å². The number of aromatic nitrogens is 2. The maximum atomic E-state index is 7.10. The molecule has 0 saturated heterocycles. The lowest BCUT2D eigenvalue weighted by Gasteiger charge is -1.86. The highest BCUT2D eigenvalue weighted by atomic mass is 15.1. The van der Waals surface area contributed by atoms with Gasteiger partial charge < -0.3 is 11.5 Å². The quantitative estimate of drug-likeness (QED) is 0.391. The first kappa shape index (κ1) is 15.3. The summed E-state index contributed by atoms with van der Waals surface area (Å²) in [5.74, 6) is 0. The Kier molecular flexibility index (Phi) is 12.0. The summed E-state index contributed by atoms with van der Waals surface area (Å²) in [5, 5.41) is 14.2. The largest absolute Gasteiger partial charge is 0.337 e. The van der Waals surface area contributed by atoms with E-state index in [1.807, 2.05) is 7.05 Å². The number of hydrogen-bond donors (Lipinski definition) is 2. The summed E-state index contributed by atoms with van der Waals surface area (Å²) in [5.41, 5.74) is 8.31. The lowest BCUT2D eigenvalue weighted by Crippen LogP contribution is -2.30. The van der Waals surface area contributed by atoms with Gasteiger partial charge in [0.05, 0.1) is 13.6 Å². The van der Waals surface area contributed by atoms with Crippen molar-refractivity contribution >= 4 is 0 Å². The van der Waals surface area contributed by atoms with Crippen LogP contribution in [0, 0.1) is 22.9 Å². The zero-order chi connectivity index (χ0) is 12.1. The molecule has 0 atom stereocenters. The minimum Gasteiger partial charge on any atom is -0.337 e. The van der Waals surface area contributed by atoms with Gasteiger partial charge in [-0.25, -0.2) is 9.13 Å². The number of hydrogen-bond acceptors (Lipinski definition) is 4. The van der Waals surface area contributed by atoms with Crippen molar-refractivity contribution in [2.75, 3.05) is 0 Å². The molecule has 1 rings (SSSR count). The van der Waals surface area contributed by atoms with Gasteiger partial charge in [-0.05, 0) is 6.42 Å². The first-order valence-electron chi connectivity index (χ1n) is 4.36. The molecule has 6 nitrogen and oxygen atoms in total. The van der Waals surface area contributed by atoms with Crippen molar-refractivity contribution < 1.29 is 4.57 Å². The van der Waals surface area contributed by atoms with Crippen LogP contribution < -0.4 is 16.0 Å². The third-order valence-electron chi connectivity index (χ3n) is 1.31. The molecular weight excluding hydrogens is 192 g/mol. The number of aryl methyl sites for hydroxylation is 2. The van der Waals surface area contributed by atoms with Crippen LogP contribution in [0.15, 0.2) is 18.7 Å².